The molecule has 1 unspecified atom stereocenters. The van der Waals surface area contributed by atoms with Crippen molar-refractivity contribution in [1.82, 2.24) is 5.32 Å². The SMILES string of the molecule is CC[C@H](CO)NC(C)Oc1c(C)cccc1C. The molecule has 0 aliphatic carbocycles. The second-order valence-corrected chi connectivity index (χ2v) is 4.44. The molecule has 0 aromatic heterocycles. The van der Waals surface area contributed by atoms with Crippen LogP contribution in [0.5, 0.6) is 5.75 Å². The van der Waals surface area contributed by atoms with Gasteiger partial charge in [-0.05, 0) is 38.3 Å². The van der Waals surface area contributed by atoms with Crippen molar-refractivity contribution < 1.29 is 9.84 Å². The molecule has 0 fully saturated rings. The van der Waals surface area contributed by atoms with E-state index in [0.717, 1.165) is 23.3 Å². The summed E-state index contributed by atoms with van der Waals surface area (Å²) in [5.74, 6) is 0.931. The first-order valence-electron chi connectivity index (χ1n) is 6.18. The lowest BCUT2D eigenvalue weighted by atomic mass is 10.1. The summed E-state index contributed by atoms with van der Waals surface area (Å²) in [7, 11) is 0. The highest BCUT2D eigenvalue weighted by molar-refractivity contribution is 5.39. The lowest BCUT2D eigenvalue weighted by Gasteiger charge is -2.23. The van der Waals surface area contributed by atoms with Crippen LogP contribution >= 0.6 is 0 Å². The third kappa shape index (κ3) is 4.02. The number of hydrogen-bond acceptors (Lipinski definition) is 3. The van der Waals surface area contributed by atoms with Crippen molar-refractivity contribution in [3.05, 3.63) is 29.3 Å². The Labute approximate surface area is 104 Å². The van der Waals surface area contributed by atoms with Crippen LogP contribution in [0.4, 0.5) is 0 Å². The maximum Gasteiger partial charge on any atom is 0.147 e. The minimum atomic E-state index is -0.105. The Balaban J connectivity index is 2.64. The van der Waals surface area contributed by atoms with Gasteiger partial charge in [0.2, 0.25) is 0 Å². The van der Waals surface area contributed by atoms with E-state index in [-0.39, 0.29) is 18.9 Å². The highest BCUT2D eigenvalue weighted by atomic mass is 16.5. The molecule has 1 aromatic rings. The fraction of sp³-hybridized carbons (Fsp3) is 0.571. The molecule has 3 nitrogen and oxygen atoms in total. The fourth-order valence-corrected chi connectivity index (χ4v) is 1.83. The van der Waals surface area contributed by atoms with Crippen LogP contribution in [-0.4, -0.2) is 24.0 Å². The van der Waals surface area contributed by atoms with E-state index in [9.17, 15) is 0 Å². The zero-order valence-electron chi connectivity index (χ0n) is 11.2. The highest BCUT2D eigenvalue weighted by Gasteiger charge is 2.12. The molecular formula is C14H23NO2. The van der Waals surface area contributed by atoms with Gasteiger partial charge in [0.1, 0.15) is 12.0 Å². The summed E-state index contributed by atoms with van der Waals surface area (Å²) in [6.45, 7) is 8.22. The van der Waals surface area contributed by atoms with Gasteiger partial charge in [-0.2, -0.15) is 0 Å². The highest BCUT2D eigenvalue weighted by Crippen LogP contribution is 2.23. The smallest absolute Gasteiger partial charge is 0.147 e. The predicted octanol–water partition coefficient (Wildman–Crippen LogP) is 2.39. The van der Waals surface area contributed by atoms with E-state index >= 15 is 0 Å². The van der Waals surface area contributed by atoms with Gasteiger partial charge in [0, 0.05) is 6.04 Å². The van der Waals surface area contributed by atoms with Crippen LogP contribution in [0.2, 0.25) is 0 Å². The second-order valence-electron chi connectivity index (χ2n) is 4.44. The van der Waals surface area contributed by atoms with E-state index in [1.165, 1.54) is 0 Å². The summed E-state index contributed by atoms with van der Waals surface area (Å²) in [5, 5.41) is 12.4. The average molecular weight is 237 g/mol. The number of benzene rings is 1. The molecule has 0 saturated carbocycles. The number of para-hydroxylation sites is 1. The minimum absolute atomic E-state index is 0.0920. The maximum absolute atomic E-state index is 9.13. The first-order chi connectivity index (χ1) is 8.08. The summed E-state index contributed by atoms with van der Waals surface area (Å²) in [4.78, 5) is 0. The third-order valence-electron chi connectivity index (χ3n) is 2.89. The van der Waals surface area contributed by atoms with Crippen molar-refractivity contribution in [1.29, 1.82) is 0 Å². The van der Waals surface area contributed by atoms with Gasteiger partial charge in [0.15, 0.2) is 0 Å². The van der Waals surface area contributed by atoms with Crippen LogP contribution in [0.15, 0.2) is 18.2 Å². The molecule has 0 aliphatic rings. The van der Waals surface area contributed by atoms with Gasteiger partial charge < -0.3 is 9.84 Å². The van der Waals surface area contributed by atoms with E-state index < -0.39 is 0 Å². The zero-order valence-corrected chi connectivity index (χ0v) is 11.2. The summed E-state index contributed by atoms with van der Waals surface area (Å²) in [5.41, 5.74) is 2.27. The van der Waals surface area contributed by atoms with Crippen molar-refractivity contribution in [3.63, 3.8) is 0 Å². The Morgan fingerprint density at radius 3 is 2.35 bits per heavy atom. The second kappa shape index (κ2) is 6.62. The third-order valence-corrected chi connectivity index (χ3v) is 2.89. The van der Waals surface area contributed by atoms with E-state index in [4.69, 9.17) is 9.84 Å². The van der Waals surface area contributed by atoms with Gasteiger partial charge in [-0.25, -0.2) is 0 Å². The predicted molar refractivity (Wildman–Crippen MR) is 70.3 cm³/mol. The molecule has 0 bridgehead atoms. The molecule has 0 heterocycles. The lowest BCUT2D eigenvalue weighted by molar-refractivity contribution is 0.136. The molecule has 0 aliphatic heterocycles. The molecule has 17 heavy (non-hydrogen) atoms. The first-order valence-corrected chi connectivity index (χ1v) is 6.18. The number of rotatable bonds is 6. The van der Waals surface area contributed by atoms with E-state index in [1.807, 2.05) is 45.9 Å². The molecule has 0 amide bonds. The van der Waals surface area contributed by atoms with Gasteiger partial charge in [-0.3, -0.25) is 5.32 Å². The Hall–Kier alpha value is -1.06. The molecule has 0 radical (unpaired) electrons. The summed E-state index contributed by atoms with van der Waals surface area (Å²) < 4.78 is 5.89. The van der Waals surface area contributed by atoms with Crippen molar-refractivity contribution >= 4 is 0 Å². The van der Waals surface area contributed by atoms with Gasteiger partial charge in [0.25, 0.3) is 0 Å². The molecule has 1 rings (SSSR count). The Kier molecular flexibility index (Phi) is 5.45. The van der Waals surface area contributed by atoms with Crippen LogP contribution in [0.3, 0.4) is 0 Å². The summed E-state index contributed by atoms with van der Waals surface area (Å²) in [6, 6.07) is 6.20. The molecule has 3 heteroatoms. The lowest BCUT2D eigenvalue weighted by Crippen LogP contribution is -2.41. The van der Waals surface area contributed by atoms with Gasteiger partial charge >= 0.3 is 0 Å². The van der Waals surface area contributed by atoms with Crippen molar-refractivity contribution in [2.45, 2.75) is 46.4 Å². The molecule has 2 N–H and O–H groups in total. The molecule has 2 atom stereocenters. The Morgan fingerprint density at radius 2 is 1.88 bits per heavy atom. The van der Waals surface area contributed by atoms with Gasteiger partial charge in [-0.15, -0.1) is 0 Å². The summed E-state index contributed by atoms with van der Waals surface area (Å²) >= 11 is 0. The number of nitrogens with one attached hydrogen (secondary N) is 1. The molecule has 1 aromatic carbocycles. The number of aryl methyl sites for hydroxylation is 2. The van der Waals surface area contributed by atoms with Gasteiger partial charge in [0.05, 0.1) is 6.61 Å². The molecule has 0 spiro atoms. The quantitative estimate of drug-likeness (QED) is 0.746. The van der Waals surface area contributed by atoms with E-state index in [0.29, 0.717) is 0 Å². The average Bonchev–Trinajstić information content (AvgIpc) is 2.31. The van der Waals surface area contributed by atoms with Crippen molar-refractivity contribution in [2.75, 3.05) is 6.61 Å². The number of aliphatic hydroxyl groups is 1. The zero-order chi connectivity index (χ0) is 12.8. The number of ether oxygens (including phenoxy) is 1. The Morgan fingerprint density at radius 1 is 1.29 bits per heavy atom. The van der Waals surface area contributed by atoms with Crippen LogP contribution in [-0.2, 0) is 0 Å². The fourth-order valence-electron chi connectivity index (χ4n) is 1.83. The standard InChI is InChI=1S/C14H23NO2/c1-5-13(9-16)15-12(4)17-14-10(2)7-6-8-11(14)3/h6-8,12-13,15-16H,5,9H2,1-4H3/t12?,13-/m1/s1. The molecule has 0 saturated heterocycles. The largest absolute Gasteiger partial charge is 0.475 e. The van der Waals surface area contributed by atoms with Crippen molar-refractivity contribution in [3.8, 4) is 5.75 Å². The van der Waals surface area contributed by atoms with E-state index in [2.05, 4.69) is 5.32 Å². The topological polar surface area (TPSA) is 41.5 Å². The Bertz CT molecular complexity index is 328. The minimum Gasteiger partial charge on any atom is -0.475 e. The van der Waals surface area contributed by atoms with E-state index in [1.54, 1.807) is 0 Å². The van der Waals surface area contributed by atoms with Crippen LogP contribution in [0.25, 0.3) is 0 Å². The molecule has 96 valence electrons. The number of hydrogen-bond donors (Lipinski definition) is 2. The monoisotopic (exact) mass is 237 g/mol. The van der Waals surface area contributed by atoms with Gasteiger partial charge in [-0.1, -0.05) is 25.1 Å². The first kappa shape index (κ1) is 14.0. The maximum atomic E-state index is 9.13. The normalized spacial score (nSPS) is 14.4. The van der Waals surface area contributed by atoms with Crippen molar-refractivity contribution in [2.24, 2.45) is 0 Å². The summed E-state index contributed by atoms with van der Waals surface area (Å²) in [6.07, 6.45) is 0.781. The van der Waals surface area contributed by atoms with Crippen LogP contribution in [0, 0.1) is 13.8 Å². The molecular weight excluding hydrogens is 214 g/mol. The number of aliphatic hydroxyl groups excluding tert-OH is 1. The van der Waals surface area contributed by atoms with Crippen LogP contribution in [0.1, 0.15) is 31.4 Å². The van der Waals surface area contributed by atoms with Crippen LogP contribution < -0.4 is 10.1 Å².